The number of rotatable bonds is 8. The summed E-state index contributed by atoms with van der Waals surface area (Å²) in [5, 5.41) is 8.44. The lowest BCUT2D eigenvalue weighted by Gasteiger charge is -2.11. The molecule has 0 radical (unpaired) electrons. The summed E-state index contributed by atoms with van der Waals surface area (Å²) in [4.78, 5) is 15.4. The topological polar surface area (TPSA) is 93.8 Å². The minimum absolute atomic E-state index is 0.258. The highest BCUT2D eigenvalue weighted by molar-refractivity contribution is 5.76. The van der Waals surface area contributed by atoms with Gasteiger partial charge in [0.25, 0.3) is 0 Å². The molecule has 0 aliphatic heterocycles. The zero-order valence-electron chi connectivity index (χ0n) is 14.4. The first-order chi connectivity index (χ1) is 12.7. The van der Waals surface area contributed by atoms with Crippen LogP contribution in [0.4, 0.5) is 0 Å². The summed E-state index contributed by atoms with van der Waals surface area (Å²) in [6, 6.07) is 13.1. The smallest absolute Gasteiger partial charge is 0.243 e. The Hall–Kier alpha value is -3.06. The molecule has 2 aromatic carbocycles. The lowest BCUT2D eigenvalue weighted by atomic mass is 10.2. The summed E-state index contributed by atoms with van der Waals surface area (Å²) in [7, 11) is 1.57. The second-order valence-electron chi connectivity index (χ2n) is 5.69. The Labute approximate surface area is 150 Å². The molecule has 0 atom stereocenters. The summed E-state index contributed by atoms with van der Waals surface area (Å²) >= 11 is 0. The molecule has 1 amide bonds. The number of ether oxygens (including phenoxy) is 2. The predicted octanol–water partition coefficient (Wildman–Crippen LogP) is 3.56. The van der Waals surface area contributed by atoms with Crippen molar-refractivity contribution in [1.82, 2.24) is 10.5 Å². The Kier molecular flexibility index (Phi) is 5.70. The number of hydroxylamine groups is 1. The van der Waals surface area contributed by atoms with Gasteiger partial charge in [0.15, 0.2) is 17.1 Å². The monoisotopic (exact) mass is 356 g/mol. The van der Waals surface area contributed by atoms with Gasteiger partial charge in [-0.1, -0.05) is 12.1 Å². The van der Waals surface area contributed by atoms with Gasteiger partial charge in [-0.2, -0.15) is 0 Å². The molecule has 1 heterocycles. The number of nitrogens with zero attached hydrogens (tertiary/aromatic N) is 1. The van der Waals surface area contributed by atoms with Crippen molar-refractivity contribution in [3.63, 3.8) is 0 Å². The van der Waals surface area contributed by atoms with Crippen LogP contribution in [0, 0.1) is 0 Å². The van der Waals surface area contributed by atoms with Gasteiger partial charge in [0.2, 0.25) is 11.8 Å². The fourth-order valence-corrected chi connectivity index (χ4v) is 2.54. The number of fused-ring (bicyclic) bond motifs is 1. The van der Waals surface area contributed by atoms with Crippen molar-refractivity contribution in [1.29, 1.82) is 0 Å². The summed E-state index contributed by atoms with van der Waals surface area (Å²) in [5.41, 5.74) is 3.93. The Morgan fingerprint density at radius 1 is 1.19 bits per heavy atom. The standard InChI is InChI=1S/C19H20N2O5/c1-24-17-12-13(19-20-14-6-2-3-7-15(14)26-19)9-10-16(17)25-11-5-4-8-18(22)21-23/h2-3,6-7,9-10,12,23H,4-5,8,11H2,1H3,(H,21,22). The van der Waals surface area contributed by atoms with Crippen LogP contribution in [0.3, 0.4) is 0 Å². The molecule has 0 saturated carbocycles. The third-order valence-electron chi connectivity index (χ3n) is 3.88. The van der Waals surface area contributed by atoms with Gasteiger partial charge < -0.3 is 13.9 Å². The third-order valence-corrected chi connectivity index (χ3v) is 3.88. The summed E-state index contributed by atoms with van der Waals surface area (Å²) in [6.45, 7) is 0.442. The minimum atomic E-state index is -0.398. The van der Waals surface area contributed by atoms with Crippen LogP contribution >= 0.6 is 0 Å². The molecular formula is C19H20N2O5. The van der Waals surface area contributed by atoms with Gasteiger partial charge in [-0.25, -0.2) is 10.5 Å². The van der Waals surface area contributed by atoms with Crippen LogP contribution in [-0.4, -0.2) is 29.8 Å². The Morgan fingerprint density at radius 2 is 2.04 bits per heavy atom. The number of aromatic nitrogens is 1. The van der Waals surface area contributed by atoms with E-state index < -0.39 is 5.91 Å². The molecule has 7 heteroatoms. The van der Waals surface area contributed by atoms with Crippen LogP contribution in [0.15, 0.2) is 46.9 Å². The molecule has 0 saturated heterocycles. The van der Waals surface area contributed by atoms with Crippen molar-refractivity contribution in [2.24, 2.45) is 0 Å². The molecule has 0 aliphatic carbocycles. The van der Waals surface area contributed by atoms with Crippen molar-refractivity contribution in [2.45, 2.75) is 19.3 Å². The number of oxazole rings is 1. The lowest BCUT2D eigenvalue weighted by molar-refractivity contribution is -0.129. The van der Waals surface area contributed by atoms with E-state index in [9.17, 15) is 4.79 Å². The van der Waals surface area contributed by atoms with Crippen molar-refractivity contribution < 1.29 is 23.9 Å². The summed E-state index contributed by atoms with van der Waals surface area (Å²) < 4.78 is 16.9. The molecule has 0 fully saturated rings. The van der Waals surface area contributed by atoms with Crippen LogP contribution in [0.25, 0.3) is 22.6 Å². The summed E-state index contributed by atoms with van der Waals surface area (Å²) in [5.74, 6) is 1.31. The number of hydrogen-bond donors (Lipinski definition) is 2. The van der Waals surface area contributed by atoms with Crippen molar-refractivity contribution in [2.75, 3.05) is 13.7 Å². The minimum Gasteiger partial charge on any atom is -0.493 e. The van der Waals surface area contributed by atoms with Gasteiger partial charge in [-0.15, -0.1) is 0 Å². The number of methoxy groups -OCH3 is 1. The molecular weight excluding hydrogens is 336 g/mol. The first-order valence-electron chi connectivity index (χ1n) is 8.31. The second-order valence-corrected chi connectivity index (χ2v) is 5.69. The first-order valence-corrected chi connectivity index (χ1v) is 8.31. The molecule has 3 rings (SSSR count). The van der Waals surface area contributed by atoms with Crippen LogP contribution in [0.5, 0.6) is 11.5 Å². The van der Waals surface area contributed by atoms with Gasteiger partial charge in [-0.05, 0) is 43.2 Å². The largest absolute Gasteiger partial charge is 0.493 e. The van der Waals surface area contributed by atoms with Crippen LogP contribution in [-0.2, 0) is 4.79 Å². The molecule has 2 N–H and O–H groups in total. The number of benzene rings is 2. The highest BCUT2D eigenvalue weighted by Crippen LogP contribution is 2.33. The molecule has 0 aliphatic rings. The third kappa shape index (κ3) is 4.12. The maximum atomic E-state index is 10.9. The first kappa shape index (κ1) is 17.8. The average molecular weight is 356 g/mol. The Bertz CT molecular complexity index is 858. The molecule has 0 unspecified atom stereocenters. The molecule has 7 nitrogen and oxygen atoms in total. The summed E-state index contributed by atoms with van der Waals surface area (Å²) in [6.07, 6.45) is 1.56. The normalized spacial score (nSPS) is 10.7. The van der Waals surface area contributed by atoms with Crippen LogP contribution in [0.1, 0.15) is 19.3 Å². The molecule has 0 spiro atoms. The average Bonchev–Trinajstić information content (AvgIpc) is 3.11. The van der Waals surface area contributed by atoms with Crippen molar-refractivity contribution >= 4 is 17.0 Å². The maximum Gasteiger partial charge on any atom is 0.243 e. The van der Waals surface area contributed by atoms with Gasteiger partial charge in [0.05, 0.1) is 13.7 Å². The van der Waals surface area contributed by atoms with E-state index in [2.05, 4.69) is 4.98 Å². The molecule has 26 heavy (non-hydrogen) atoms. The highest BCUT2D eigenvalue weighted by atomic mass is 16.5. The zero-order valence-corrected chi connectivity index (χ0v) is 14.4. The van der Waals surface area contributed by atoms with E-state index in [1.54, 1.807) is 12.6 Å². The SMILES string of the molecule is COc1cc(-c2nc3ccccc3o2)ccc1OCCCCC(=O)NO. The molecule has 1 aromatic heterocycles. The van der Waals surface area contributed by atoms with Crippen LogP contribution in [0.2, 0.25) is 0 Å². The number of carbonyl (C=O) groups is 1. The fraction of sp³-hybridized carbons (Fsp3) is 0.263. The zero-order chi connectivity index (χ0) is 18.4. The van der Waals surface area contributed by atoms with Crippen LogP contribution < -0.4 is 15.0 Å². The van der Waals surface area contributed by atoms with Gasteiger partial charge in [0, 0.05) is 12.0 Å². The molecule has 3 aromatic rings. The second kappa shape index (κ2) is 8.35. The maximum absolute atomic E-state index is 10.9. The van der Waals surface area contributed by atoms with E-state index >= 15 is 0 Å². The molecule has 0 bridgehead atoms. The van der Waals surface area contributed by atoms with Crippen molar-refractivity contribution in [3.8, 4) is 23.0 Å². The van der Waals surface area contributed by atoms with E-state index in [-0.39, 0.29) is 6.42 Å². The van der Waals surface area contributed by atoms with Gasteiger partial charge in [-0.3, -0.25) is 10.0 Å². The number of nitrogens with one attached hydrogen (secondary N) is 1. The fourth-order valence-electron chi connectivity index (χ4n) is 2.54. The number of carbonyl (C=O) groups excluding carboxylic acids is 1. The number of unbranched alkanes of at least 4 members (excludes halogenated alkanes) is 1. The van der Waals surface area contributed by atoms with E-state index in [4.69, 9.17) is 19.1 Å². The van der Waals surface area contributed by atoms with Gasteiger partial charge >= 0.3 is 0 Å². The Balaban J connectivity index is 1.66. The lowest BCUT2D eigenvalue weighted by Crippen LogP contribution is -2.18. The quantitative estimate of drug-likeness (QED) is 0.364. The highest BCUT2D eigenvalue weighted by Gasteiger charge is 2.12. The van der Waals surface area contributed by atoms with E-state index in [1.165, 1.54) is 0 Å². The Morgan fingerprint density at radius 3 is 2.81 bits per heavy atom. The van der Waals surface area contributed by atoms with E-state index in [1.807, 2.05) is 42.5 Å². The number of amides is 1. The van der Waals surface area contributed by atoms with Crippen molar-refractivity contribution in [3.05, 3.63) is 42.5 Å². The molecule has 136 valence electrons. The van der Waals surface area contributed by atoms with E-state index in [0.29, 0.717) is 36.8 Å². The van der Waals surface area contributed by atoms with E-state index in [0.717, 1.165) is 16.7 Å². The number of para-hydroxylation sites is 2. The number of hydrogen-bond acceptors (Lipinski definition) is 6. The predicted molar refractivity (Wildman–Crippen MR) is 95.3 cm³/mol. The van der Waals surface area contributed by atoms with Gasteiger partial charge in [0.1, 0.15) is 5.52 Å².